The van der Waals surface area contributed by atoms with Crippen molar-refractivity contribution >= 4 is 59.2 Å². The number of imide groups is 1. The van der Waals surface area contributed by atoms with E-state index in [1.165, 1.54) is 12.8 Å². The third kappa shape index (κ3) is 26.4. The maximum atomic E-state index is 11.1. The Kier molecular flexibility index (Phi) is 45.2. The summed E-state index contributed by atoms with van der Waals surface area (Å²) >= 11 is 0. The third-order valence-electron chi connectivity index (χ3n) is 15.0. The van der Waals surface area contributed by atoms with Crippen molar-refractivity contribution in [3.63, 3.8) is 0 Å². The number of aliphatic carboxylic acids is 2. The van der Waals surface area contributed by atoms with Crippen molar-refractivity contribution in [3.8, 4) is 12.1 Å². The summed E-state index contributed by atoms with van der Waals surface area (Å²) in [5.74, 6) is -3.52. The highest BCUT2D eigenvalue weighted by Gasteiger charge is 2.45. The normalized spacial score (nSPS) is 28.9. The van der Waals surface area contributed by atoms with Gasteiger partial charge in [0.25, 0.3) is 0 Å². The molecule has 6 saturated carbocycles. The molecular formula is C60H106N8O11. The Morgan fingerprint density at radius 1 is 0.468 bits per heavy atom. The molecule has 0 aromatic carbocycles. The average Bonchev–Trinajstić information content (AvgIpc) is 4.10. The topological polar surface area (TPSA) is 360 Å². The number of rotatable bonds is 4. The van der Waals surface area contributed by atoms with Gasteiger partial charge in [0, 0.05) is 35.5 Å². The van der Waals surface area contributed by atoms with E-state index in [0.29, 0.717) is 49.2 Å². The maximum Gasteiger partial charge on any atom is 0.317 e. The summed E-state index contributed by atoms with van der Waals surface area (Å²) in [5.41, 5.74) is 16.0. The molecule has 8 fully saturated rings. The number of cyclic esters (lactones) is 2. The highest BCUT2D eigenvalue weighted by molar-refractivity contribution is 6.05. The van der Waals surface area contributed by atoms with Gasteiger partial charge in [0.05, 0.1) is 47.6 Å². The first-order valence-electron chi connectivity index (χ1n) is 30.4. The largest absolute Gasteiger partial charge is 0.481 e. The van der Waals surface area contributed by atoms with Gasteiger partial charge in [-0.2, -0.15) is 10.5 Å². The van der Waals surface area contributed by atoms with Crippen LogP contribution in [0, 0.1) is 99.1 Å². The average molecular weight is 1120 g/mol. The zero-order chi connectivity index (χ0) is 61.2. The van der Waals surface area contributed by atoms with Crippen molar-refractivity contribution in [2.75, 3.05) is 0 Å². The molecule has 10 N–H and O–H groups in total. The molecule has 6 aliphatic carbocycles. The van der Waals surface area contributed by atoms with Crippen LogP contribution < -0.4 is 22.5 Å². The van der Waals surface area contributed by atoms with Crippen molar-refractivity contribution in [2.45, 2.75) is 237 Å². The van der Waals surface area contributed by atoms with E-state index in [1.807, 2.05) is 83.1 Å². The van der Waals surface area contributed by atoms with Gasteiger partial charge in [-0.15, -0.1) is 0 Å². The number of carbonyl (C=O) groups is 8. The lowest BCUT2D eigenvalue weighted by Crippen LogP contribution is -2.39. The van der Waals surface area contributed by atoms with Gasteiger partial charge in [-0.1, -0.05) is 160 Å². The molecule has 4 amide bonds. The Balaban J connectivity index is -0.000000844. The summed E-state index contributed by atoms with van der Waals surface area (Å²) in [7, 11) is 0. The minimum absolute atomic E-state index is 0.0104. The van der Waals surface area contributed by atoms with Gasteiger partial charge >= 0.3 is 23.9 Å². The molecule has 0 radical (unpaired) electrons. The SMILES string of the molecule is CC.CC.CC.CC.CC.CC.N#CC1CCCC[C@@H]1C#N.N=C1N=C(N)C2CCCC[C@H]12.NC(=O)C1CCCC[C@@H]1C(N)=O.O=C(O)C1CCCC[C@@H]1C(=O)O.O=C1NC(=O)[C@H]2CCCCC12.O=C1OC(=O)[C@H]2CCCCC12. The number of primary amides is 2. The number of amidine groups is 2. The zero-order valence-electron chi connectivity index (χ0n) is 50.5. The van der Waals surface area contributed by atoms with Gasteiger partial charge in [0.1, 0.15) is 11.7 Å². The highest BCUT2D eigenvalue weighted by Crippen LogP contribution is 2.38. The van der Waals surface area contributed by atoms with E-state index >= 15 is 0 Å². The van der Waals surface area contributed by atoms with E-state index in [4.69, 9.17) is 43.3 Å². The van der Waals surface area contributed by atoms with Crippen molar-refractivity contribution in [1.29, 1.82) is 15.9 Å². The van der Waals surface area contributed by atoms with Crippen LogP contribution in [0.1, 0.15) is 237 Å². The lowest BCUT2D eigenvalue weighted by Gasteiger charge is -2.26. The number of nitrogens with one attached hydrogen (secondary N) is 2. The third-order valence-corrected chi connectivity index (χ3v) is 15.0. The smallest absolute Gasteiger partial charge is 0.317 e. The fraction of sp³-hybridized carbons (Fsp3) is 0.800. The molecule has 79 heavy (non-hydrogen) atoms. The predicted molar refractivity (Wildman–Crippen MR) is 309 cm³/mol. The fourth-order valence-corrected chi connectivity index (χ4v) is 11.1. The Morgan fingerprint density at radius 3 is 1.03 bits per heavy atom. The second-order valence-electron chi connectivity index (χ2n) is 19.2. The zero-order valence-corrected chi connectivity index (χ0v) is 50.5. The molecule has 3 heterocycles. The van der Waals surface area contributed by atoms with Gasteiger partial charge in [0.15, 0.2) is 0 Å². The van der Waals surface area contributed by atoms with Crippen molar-refractivity contribution in [3.05, 3.63) is 0 Å². The second-order valence-corrected chi connectivity index (χ2v) is 19.2. The van der Waals surface area contributed by atoms with Crippen LogP contribution in [-0.4, -0.2) is 69.4 Å². The number of nitrogens with two attached hydrogens (primary N) is 3. The maximum absolute atomic E-state index is 11.1. The van der Waals surface area contributed by atoms with Crippen LogP contribution in [0.2, 0.25) is 0 Å². The molecule has 19 nitrogen and oxygen atoms in total. The number of fused-ring (bicyclic) bond motifs is 3. The number of nitrogens with zero attached hydrogens (tertiary/aromatic N) is 3. The van der Waals surface area contributed by atoms with Gasteiger partial charge in [-0.25, -0.2) is 4.99 Å². The lowest BCUT2D eigenvalue weighted by molar-refractivity contribution is -0.155. The Labute approximate surface area is 474 Å². The van der Waals surface area contributed by atoms with Crippen LogP contribution in [0.4, 0.5) is 0 Å². The fourth-order valence-electron chi connectivity index (χ4n) is 11.1. The summed E-state index contributed by atoms with van der Waals surface area (Å²) in [6.07, 6.45) is 22.7. The Bertz CT molecular complexity index is 1740. The van der Waals surface area contributed by atoms with Crippen LogP contribution in [0.3, 0.4) is 0 Å². The summed E-state index contributed by atoms with van der Waals surface area (Å²) < 4.78 is 4.53. The summed E-state index contributed by atoms with van der Waals surface area (Å²) in [4.78, 5) is 91.1. The van der Waals surface area contributed by atoms with E-state index in [9.17, 15) is 38.4 Å². The monoisotopic (exact) mass is 1110 g/mol. The molecule has 2 saturated heterocycles. The van der Waals surface area contributed by atoms with E-state index < -0.39 is 35.6 Å². The Morgan fingerprint density at radius 2 is 0.734 bits per heavy atom. The number of hydrogen-bond acceptors (Lipinski definition) is 13. The van der Waals surface area contributed by atoms with E-state index in [1.54, 1.807) is 0 Å². The van der Waals surface area contributed by atoms with Crippen LogP contribution in [0.5, 0.6) is 0 Å². The van der Waals surface area contributed by atoms with E-state index in [-0.39, 0.29) is 71.1 Å². The predicted octanol–water partition coefficient (Wildman–Crippen LogP) is 11.2. The molecule has 0 aromatic rings. The number of aliphatic imine (C=N–C) groups is 1. The van der Waals surface area contributed by atoms with Gasteiger partial charge < -0.3 is 32.2 Å². The standard InChI is InChI=1S/C8H13N3.C8H14N2O2.C8H10N2.C8H11NO2.C8H12O4.C8H10O3.6C2H6/c9-7-5-3-1-2-4-6(5)8(10)11-7;9-7(11)5-3-1-2-4-6(5)8(10)12;9-5-7-3-1-2-4-8(7)6-10;10-7-5-3-1-2-4-6(5)8(11)9-7;9-7(10)5-3-1-2-4-6(5)8(11)12;9-7-5-3-1-2-4-6(5)8(10)11-7;6*1-2/h5-6H,1-4H2,(H3,9,10,11);5-6H,1-4H2,(H2,9,11)(H2,10,12);7-8H,1-4H2;5-6H,1-4H2,(H,9,10,11);5-6H,1-4H2,(H,9,10)(H,11,12);5-6H,1-4H2;6*1-2H3/t2*5-,6?;7-,8?;3*5-,6?;;;;;;/m001000....../s1. The van der Waals surface area contributed by atoms with Gasteiger partial charge in [-0.05, 0) is 77.0 Å². The number of carboxylic acids is 2. The first-order valence-corrected chi connectivity index (χ1v) is 30.4. The molecule has 0 aromatic heterocycles. The minimum atomic E-state index is -0.970. The number of esters is 2. The van der Waals surface area contributed by atoms with Crippen LogP contribution in [0.25, 0.3) is 0 Å². The molecule has 3 aliphatic heterocycles. The number of carbonyl (C=O) groups excluding carboxylic acids is 6. The van der Waals surface area contributed by atoms with Crippen LogP contribution in [-0.2, 0) is 43.1 Å². The van der Waals surface area contributed by atoms with E-state index in [0.717, 1.165) is 116 Å². The van der Waals surface area contributed by atoms with Gasteiger partial charge in [0.2, 0.25) is 23.6 Å². The molecule has 9 aliphatic rings. The first-order chi connectivity index (χ1) is 38.0. The lowest BCUT2D eigenvalue weighted by atomic mass is 9.78. The summed E-state index contributed by atoms with van der Waals surface area (Å²) in [6.45, 7) is 24.0. The van der Waals surface area contributed by atoms with Crippen LogP contribution >= 0.6 is 0 Å². The van der Waals surface area contributed by atoms with E-state index in [2.05, 4.69) is 27.2 Å². The van der Waals surface area contributed by atoms with Gasteiger partial charge in [-0.3, -0.25) is 49.1 Å². The molecule has 0 spiro atoms. The summed E-state index contributed by atoms with van der Waals surface area (Å²) in [5, 5.41) is 44.5. The quantitative estimate of drug-likeness (QED) is 0.0782. The molecule has 0 bridgehead atoms. The summed E-state index contributed by atoms with van der Waals surface area (Å²) in [6, 6.07) is 4.36. The number of ether oxygens (including phenoxy) is 1. The molecule has 452 valence electrons. The van der Waals surface area contributed by atoms with Crippen LogP contribution in [0.15, 0.2) is 4.99 Å². The van der Waals surface area contributed by atoms with Crippen molar-refractivity contribution in [2.24, 2.45) is 93.2 Å². The first kappa shape index (κ1) is 77.5. The van der Waals surface area contributed by atoms with Crippen molar-refractivity contribution in [1.82, 2.24) is 5.32 Å². The number of amides is 4. The number of carboxylic acid groups (broad SMARTS) is 2. The van der Waals surface area contributed by atoms with Crippen molar-refractivity contribution < 1.29 is 53.3 Å². The number of hydrogen-bond donors (Lipinski definition) is 7. The Hall–Kier alpha value is -5.72. The number of nitriles is 2. The molecule has 12 atom stereocenters. The minimum Gasteiger partial charge on any atom is -0.481 e. The molecule has 19 heteroatoms. The molecular weight excluding hydrogens is 1010 g/mol. The molecule has 9 rings (SSSR count). The highest BCUT2D eigenvalue weighted by atomic mass is 16.6. The molecule has 6 unspecified atom stereocenters. The second kappa shape index (κ2) is 46.1.